The van der Waals surface area contributed by atoms with Crippen molar-refractivity contribution >= 4 is 22.6 Å². The maximum Gasteiger partial charge on any atom is 0.242 e. The van der Waals surface area contributed by atoms with Crippen molar-refractivity contribution in [1.82, 2.24) is 30.4 Å². The SMILES string of the molecule is O=C(Nc1cc2cc(-c3cnc4n3CCNC4)ccc2nn1)C1CCCN1. The van der Waals surface area contributed by atoms with Gasteiger partial charge in [0.1, 0.15) is 5.82 Å². The van der Waals surface area contributed by atoms with Crippen LogP contribution in [-0.2, 0) is 17.9 Å². The predicted octanol–water partition coefficient (Wildman–Crippen LogP) is 1.29. The highest BCUT2D eigenvalue weighted by molar-refractivity contribution is 5.96. The molecule has 1 saturated heterocycles. The Morgan fingerprint density at radius 3 is 3.07 bits per heavy atom. The van der Waals surface area contributed by atoms with Crippen molar-refractivity contribution in [3.8, 4) is 11.3 Å². The Morgan fingerprint density at radius 1 is 1.22 bits per heavy atom. The van der Waals surface area contributed by atoms with Crippen LogP contribution in [0.3, 0.4) is 0 Å². The number of carbonyl (C=O) groups is 1. The number of amides is 1. The van der Waals surface area contributed by atoms with E-state index in [2.05, 4.69) is 41.8 Å². The Balaban J connectivity index is 1.46. The molecule has 0 bridgehead atoms. The van der Waals surface area contributed by atoms with Gasteiger partial charge in [0, 0.05) is 24.0 Å². The van der Waals surface area contributed by atoms with E-state index in [-0.39, 0.29) is 11.9 Å². The molecule has 1 fully saturated rings. The molecule has 2 aliphatic heterocycles. The Morgan fingerprint density at radius 2 is 2.19 bits per heavy atom. The second-order valence-electron chi connectivity index (χ2n) is 7.03. The fourth-order valence-electron chi connectivity index (χ4n) is 3.81. The van der Waals surface area contributed by atoms with Gasteiger partial charge in [0.2, 0.25) is 5.91 Å². The highest BCUT2D eigenvalue weighted by Gasteiger charge is 2.22. The summed E-state index contributed by atoms with van der Waals surface area (Å²) >= 11 is 0. The van der Waals surface area contributed by atoms with Crippen molar-refractivity contribution in [2.75, 3.05) is 18.4 Å². The summed E-state index contributed by atoms with van der Waals surface area (Å²) in [6.45, 7) is 3.54. The van der Waals surface area contributed by atoms with Gasteiger partial charge in [0.25, 0.3) is 0 Å². The van der Waals surface area contributed by atoms with Crippen LogP contribution in [0.4, 0.5) is 5.82 Å². The van der Waals surface area contributed by atoms with Gasteiger partial charge in [0.15, 0.2) is 5.82 Å². The van der Waals surface area contributed by atoms with E-state index in [0.717, 1.165) is 67.0 Å². The van der Waals surface area contributed by atoms with E-state index in [1.807, 2.05) is 24.4 Å². The zero-order chi connectivity index (χ0) is 18.2. The lowest BCUT2D eigenvalue weighted by atomic mass is 10.1. The summed E-state index contributed by atoms with van der Waals surface area (Å²) in [5, 5.41) is 18.8. The molecule has 138 valence electrons. The number of imidazole rings is 1. The second kappa shape index (κ2) is 6.71. The summed E-state index contributed by atoms with van der Waals surface area (Å²) in [7, 11) is 0. The third-order valence-electron chi connectivity index (χ3n) is 5.24. The van der Waals surface area contributed by atoms with Crippen LogP contribution in [0.25, 0.3) is 22.2 Å². The van der Waals surface area contributed by atoms with Gasteiger partial charge in [0.05, 0.1) is 30.0 Å². The number of anilines is 1. The highest BCUT2D eigenvalue weighted by Crippen LogP contribution is 2.26. The van der Waals surface area contributed by atoms with Gasteiger partial charge in [-0.15, -0.1) is 10.2 Å². The number of nitrogens with zero attached hydrogens (tertiary/aromatic N) is 4. The minimum atomic E-state index is -0.138. The first-order valence-electron chi connectivity index (χ1n) is 9.35. The first kappa shape index (κ1) is 16.3. The maximum absolute atomic E-state index is 12.3. The summed E-state index contributed by atoms with van der Waals surface area (Å²) in [5.74, 6) is 1.49. The molecule has 2 aliphatic rings. The first-order valence-corrected chi connectivity index (χ1v) is 9.35. The first-order chi connectivity index (χ1) is 13.3. The number of fused-ring (bicyclic) bond motifs is 2. The number of benzene rings is 1. The molecule has 4 heterocycles. The van der Waals surface area contributed by atoms with Crippen molar-refractivity contribution in [3.05, 3.63) is 36.3 Å². The van der Waals surface area contributed by atoms with Gasteiger partial charge >= 0.3 is 0 Å². The van der Waals surface area contributed by atoms with Gasteiger partial charge < -0.3 is 20.5 Å². The van der Waals surface area contributed by atoms with E-state index in [0.29, 0.717) is 5.82 Å². The molecule has 2 aromatic heterocycles. The molecular weight excluding hydrogens is 342 g/mol. The van der Waals surface area contributed by atoms with Crippen LogP contribution >= 0.6 is 0 Å². The van der Waals surface area contributed by atoms with Crippen LogP contribution < -0.4 is 16.0 Å². The van der Waals surface area contributed by atoms with Crippen molar-refractivity contribution in [3.63, 3.8) is 0 Å². The van der Waals surface area contributed by atoms with Crippen LogP contribution in [0, 0.1) is 0 Å². The molecule has 27 heavy (non-hydrogen) atoms. The van der Waals surface area contributed by atoms with Gasteiger partial charge in [-0.1, -0.05) is 6.07 Å². The van der Waals surface area contributed by atoms with E-state index < -0.39 is 0 Å². The fourth-order valence-corrected chi connectivity index (χ4v) is 3.81. The van der Waals surface area contributed by atoms with Gasteiger partial charge in [-0.3, -0.25) is 4.79 Å². The van der Waals surface area contributed by atoms with Crippen LogP contribution in [0.1, 0.15) is 18.7 Å². The zero-order valence-corrected chi connectivity index (χ0v) is 14.9. The fraction of sp³-hybridized carbons (Fsp3) is 0.368. The molecule has 8 nitrogen and oxygen atoms in total. The number of hydrogen-bond acceptors (Lipinski definition) is 6. The molecule has 3 aromatic rings. The van der Waals surface area contributed by atoms with E-state index in [4.69, 9.17) is 0 Å². The number of rotatable bonds is 3. The minimum absolute atomic E-state index is 0.0466. The predicted molar refractivity (Wildman–Crippen MR) is 102 cm³/mol. The third kappa shape index (κ3) is 3.07. The lowest BCUT2D eigenvalue weighted by Gasteiger charge is -2.17. The standard InChI is InChI=1S/C19H21N7O/c27-19(15-2-1-5-21-15)23-17-9-13-8-12(3-4-14(13)24-25-17)16-10-22-18-11-20-6-7-26(16)18/h3-4,8-10,15,20-21H,1-2,5-7,11H2,(H,23,25,27). The Kier molecular flexibility index (Phi) is 4.06. The van der Waals surface area contributed by atoms with Crippen LogP contribution in [0.2, 0.25) is 0 Å². The minimum Gasteiger partial charge on any atom is -0.326 e. The molecule has 8 heteroatoms. The number of aromatic nitrogens is 4. The smallest absolute Gasteiger partial charge is 0.242 e. The summed E-state index contributed by atoms with van der Waals surface area (Å²) in [6.07, 6.45) is 3.81. The lowest BCUT2D eigenvalue weighted by molar-refractivity contribution is -0.117. The molecule has 0 aliphatic carbocycles. The molecule has 1 aromatic carbocycles. The molecule has 1 unspecified atom stereocenters. The Bertz CT molecular complexity index is 1010. The molecule has 0 saturated carbocycles. The van der Waals surface area contributed by atoms with Crippen molar-refractivity contribution < 1.29 is 4.79 Å². The summed E-state index contributed by atoms with van der Waals surface area (Å²) in [4.78, 5) is 16.8. The summed E-state index contributed by atoms with van der Waals surface area (Å²) in [6, 6.07) is 7.83. The summed E-state index contributed by atoms with van der Waals surface area (Å²) in [5.41, 5.74) is 2.99. The highest BCUT2D eigenvalue weighted by atomic mass is 16.2. The van der Waals surface area contributed by atoms with Crippen LogP contribution in [0.5, 0.6) is 0 Å². The molecule has 3 N–H and O–H groups in total. The van der Waals surface area contributed by atoms with Gasteiger partial charge in [-0.25, -0.2) is 4.98 Å². The molecular formula is C19H21N7O. The van der Waals surface area contributed by atoms with E-state index >= 15 is 0 Å². The zero-order valence-electron chi connectivity index (χ0n) is 14.9. The van der Waals surface area contributed by atoms with Crippen molar-refractivity contribution in [2.45, 2.75) is 32.0 Å². The summed E-state index contributed by atoms with van der Waals surface area (Å²) < 4.78 is 2.25. The molecule has 0 spiro atoms. The number of hydrogen-bond donors (Lipinski definition) is 3. The average molecular weight is 363 g/mol. The largest absolute Gasteiger partial charge is 0.326 e. The van der Waals surface area contributed by atoms with Gasteiger partial charge in [-0.2, -0.15) is 0 Å². The normalized spacial score (nSPS) is 19.2. The Labute approximate surface area is 156 Å². The van der Waals surface area contributed by atoms with Crippen molar-refractivity contribution in [2.24, 2.45) is 0 Å². The average Bonchev–Trinajstić information content (AvgIpc) is 3.37. The maximum atomic E-state index is 12.3. The van der Waals surface area contributed by atoms with Crippen LogP contribution in [-0.4, -0.2) is 44.8 Å². The van der Waals surface area contributed by atoms with E-state index in [1.54, 1.807) is 0 Å². The lowest BCUT2D eigenvalue weighted by Crippen LogP contribution is -2.35. The number of nitrogens with one attached hydrogen (secondary N) is 3. The second-order valence-corrected chi connectivity index (χ2v) is 7.03. The van der Waals surface area contributed by atoms with Crippen LogP contribution in [0.15, 0.2) is 30.5 Å². The van der Waals surface area contributed by atoms with E-state index in [1.165, 1.54) is 0 Å². The van der Waals surface area contributed by atoms with Gasteiger partial charge in [-0.05, 0) is 37.6 Å². The molecule has 1 amide bonds. The Hall–Kier alpha value is -2.84. The molecule has 1 atom stereocenters. The topological polar surface area (TPSA) is 96.8 Å². The molecule has 5 rings (SSSR count). The monoisotopic (exact) mass is 363 g/mol. The third-order valence-corrected chi connectivity index (χ3v) is 5.24. The van der Waals surface area contributed by atoms with E-state index in [9.17, 15) is 4.79 Å². The quantitative estimate of drug-likeness (QED) is 0.649. The van der Waals surface area contributed by atoms with Crippen molar-refractivity contribution in [1.29, 1.82) is 0 Å². The molecule has 0 radical (unpaired) electrons. The number of carbonyl (C=O) groups excluding carboxylic acids is 1.